The Labute approximate surface area is 119 Å². The molecular weight excluding hydrogens is 281 g/mol. The van der Waals surface area contributed by atoms with Crippen LogP contribution in [0.5, 0.6) is 0 Å². The zero-order valence-corrected chi connectivity index (χ0v) is 11.0. The molecule has 1 aliphatic rings. The van der Waals surface area contributed by atoms with Crippen molar-refractivity contribution in [2.75, 3.05) is 6.54 Å². The fourth-order valence-corrected chi connectivity index (χ4v) is 2.35. The van der Waals surface area contributed by atoms with E-state index in [4.69, 9.17) is 5.11 Å². The molecule has 1 aliphatic heterocycles. The van der Waals surface area contributed by atoms with Crippen molar-refractivity contribution in [1.82, 2.24) is 4.90 Å². The van der Waals surface area contributed by atoms with Crippen LogP contribution in [0.4, 0.5) is 4.39 Å². The van der Waals surface area contributed by atoms with Crippen molar-refractivity contribution in [3.63, 3.8) is 0 Å². The molecule has 110 valence electrons. The second-order valence-corrected chi connectivity index (χ2v) is 4.60. The van der Waals surface area contributed by atoms with Gasteiger partial charge in [0.1, 0.15) is 12.4 Å². The van der Waals surface area contributed by atoms with Crippen LogP contribution < -0.4 is 0 Å². The Hall–Kier alpha value is -2.70. The van der Waals surface area contributed by atoms with Crippen LogP contribution >= 0.6 is 0 Å². The van der Waals surface area contributed by atoms with Crippen LogP contribution in [0.2, 0.25) is 0 Å². The number of rotatable bonds is 4. The van der Waals surface area contributed by atoms with Crippen LogP contribution in [0.25, 0.3) is 0 Å². The maximum atomic E-state index is 13.3. The molecule has 1 unspecified atom stereocenters. The molecule has 1 atom stereocenters. The van der Waals surface area contributed by atoms with Crippen molar-refractivity contribution in [3.8, 4) is 0 Å². The predicted octanol–water partition coefficient (Wildman–Crippen LogP) is 1.19. The molecule has 0 saturated heterocycles. The van der Waals surface area contributed by atoms with Crippen LogP contribution in [0.1, 0.15) is 18.5 Å². The fourth-order valence-electron chi connectivity index (χ4n) is 2.35. The van der Waals surface area contributed by atoms with Crippen LogP contribution in [0.3, 0.4) is 0 Å². The van der Waals surface area contributed by atoms with Gasteiger partial charge < -0.3 is 15.1 Å². The number of Topliss-reactive ketones (excluding diaryl/α,β-unsaturated/α-hetero) is 1. The standard InChI is InChI=1S/C14H12FNO5/c1-7(17)11-12(8-3-2-4-9(15)5-8)16(6-10(18)19)14(21)13(11)20/h2-5,12,20H,6H2,1H3,(H,18,19). The number of ketones is 1. The summed E-state index contributed by atoms with van der Waals surface area (Å²) in [4.78, 5) is 35.3. The molecule has 1 aromatic rings. The topological polar surface area (TPSA) is 94.9 Å². The van der Waals surface area contributed by atoms with Gasteiger partial charge in [-0.2, -0.15) is 0 Å². The molecule has 0 aliphatic carbocycles. The monoisotopic (exact) mass is 293 g/mol. The van der Waals surface area contributed by atoms with E-state index < -0.39 is 41.8 Å². The molecule has 0 saturated carbocycles. The van der Waals surface area contributed by atoms with Gasteiger partial charge in [0.15, 0.2) is 11.5 Å². The highest BCUT2D eigenvalue weighted by Gasteiger charge is 2.43. The van der Waals surface area contributed by atoms with E-state index in [1.54, 1.807) is 0 Å². The average Bonchev–Trinajstić information content (AvgIpc) is 2.63. The number of carbonyl (C=O) groups is 3. The number of hydrogen-bond acceptors (Lipinski definition) is 4. The summed E-state index contributed by atoms with van der Waals surface area (Å²) >= 11 is 0. The van der Waals surface area contributed by atoms with Gasteiger partial charge in [-0.15, -0.1) is 0 Å². The van der Waals surface area contributed by atoms with E-state index in [-0.39, 0.29) is 11.1 Å². The molecule has 6 nitrogen and oxygen atoms in total. The number of carboxylic acid groups (broad SMARTS) is 1. The summed E-state index contributed by atoms with van der Waals surface area (Å²) in [6.45, 7) is 0.441. The number of aliphatic carboxylic acids is 1. The lowest BCUT2D eigenvalue weighted by atomic mass is 9.97. The number of carbonyl (C=O) groups excluding carboxylic acids is 2. The van der Waals surface area contributed by atoms with Gasteiger partial charge in [-0.1, -0.05) is 12.1 Å². The summed E-state index contributed by atoms with van der Waals surface area (Å²) in [6, 6.07) is 3.99. The highest BCUT2D eigenvalue weighted by Crippen LogP contribution is 2.37. The molecule has 2 N–H and O–H groups in total. The number of carboxylic acids is 1. The maximum absolute atomic E-state index is 13.3. The molecule has 2 rings (SSSR count). The van der Waals surface area contributed by atoms with Crippen molar-refractivity contribution >= 4 is 17.7 Å². The third kappa shape index (κ3) is 2.62. The third-order valence-electron chi connectivity index (χ3n) is 3.15. The predicted molar refractivity (Wildman–Crippen MR) is 68.8 cm³/mol. The molecule has 0 aromatic heterocycles. The third-order valence-corrected chi connectivity index (χ3v) is 3.15. The first-order valence-corrected chi connectivity index (χ1v) is 6.05. The smallest absolute Gasteiger partial charge is 0.323 e. The minimum atomic E-state index is -1.30. The summed E-state index contributed by atoms with van der Waals surface area (Å²) in [5, 5.41) is 18.7. The Kier molecular flexibility index (Phi) is 3.75. The highest BCUT2D eigenvalue weighted by molar-refractivity contribution is 6.08. The van der Waals surface area contributed by atoms with E-state index in [2.05, 4.69) is 0 Å². The SMILES string of the molecule is CC(=O)C1=C(O)C(=O)N(CC(=O)O)C1c1cccc(F)c1. The van der Waals surface area contributed by atoms with E-state index in [9.17, 15) is 23.9 Å². The first-order valence-electron chi connectivity index (χ1n) is 6.05. The van der Waals surface area contributed by atoms with Crippen LogP contribution in [-0.2, 0) is 14.4 Å². The second-order valence-electron chi connectivity index (χ2n) is 4.60. The van der Waals surface area contributed by atoms with Gasteiger partial charge in [0.2, 0.25) is 0 Å². The number of aliphatic hydroxyl groups is 1. The lowest BCUT2D eigenvalue weighted by molar-refractivity contribution is -0.144. The van der Waals surface area contributed by atoms with Gasteiger partial charge in [-0.05, 0) is 24.6 Å². The molecule has 1 amide bonds. The summed E-state index contributed by atoms with van der Waals surface area (Å²) in [5.41, 5.74) is -0.00861. The lowest BCUT2D eigenvalue weighted by Gasteiger charge is -2.24. The van der Waals surface area contributed by atoms with Gasteiger partial charge in [0.05, 0.1) is 11.6 Å². The Morgan fingerprint density at radius 1 is 1.38 bits per heavy atom. The van der Waals surface area contributed by atoms with Crippen LogP contribution in [-0.4, -0.2) is 39.3 Å². The van der Waals surface area contributed by atoms with Crippen LogP contribution in [0.15, 0.2) is 35.6 Å². The molecule has 0 fully saturated rings. The van der Waals surface area contributed by atoms with Gasteiger partial charge >= 0.3 is 5.97 Å². The van der Waals surface area contributed by atoms with Crippen molar-refractivity contribution in [2.24, 2.45) is 0 Å². The minimum absolute atomic E-state index is 0.221. The lowest BCUT2D eigenvalue weighted by Crippen LogP contribution is -2.35. The van der Waals surface area contributed by atoms with Crippen molar-refractivity contribution in [3.05, 3.63) is 47.0 Å². The first-order chi connectivity index (χ1) is 9.82. The summed E-state index contributed by atoms with van der Waals surface area (Å²) in [6.07, 6.45) is 0. The number of hydrogen-bond donors (Lipinski definition) is 2. The van der Waals surface area contributed by atoms with E-state index in [0.29, 0.717) is 0 Å². The largest absolute Gasteiger partial charge is 0.503 e. The first kappa shape index (κ1) is 14.7. The van der Waals surface area contributed by atoms with Crippen molar-refractivity contribution < 1.29 is 29.0 Å². The normalized spacial score (nSPS) is 18.3. The summed E-state index contributed by atoms with van der Waals surface area (Å²) in [7, 11) is 0. The Balaban J connectivity index is 2.56. The van der Waals surface area contributed by atoms with Gasteiger partial charge in [0.25, 0.3) is 5.91 Å². The molecule has 7 heteroatoms. The molecule has 1 aromatic carbocycles. The van der Waals surface area contributed by atoms with Crippen molar-refractivity contribution in [2.45, 2.75) is 13.0 Å². The Morgan fingerprint density at radius 2 is 2.05 bits per heavy atom. The Bertz CT molecular complexity index is 667. The number of benzene rings is 1. The number of nitrogens with zero attached hydrogens (tertiary/aromatic N) is 1. The molecule has 0 radical (unpaired) electrons. The quantitative estimate of drug-likeness (QED) is 0.869. The van der Waals surface area contributed by atoms with E-state index in [0.717, 1.165) is 17.9 Å². The zero-order chi connectivity index (χ0) is 15.7. The number of halogens is 1. The van der Waals surface area contributed by atoms with Crippen molar-refractivity contribution in [1.29, 1.82) is 0 Å². The highest BCUT2D eigenvalue weighted by atomic mass is 19.1. The second kappa shape index (κ2) is 5.35. The van der Waals surface area contributed by atoms with E-state index >= 15 is 0 Å². The maximum Gasteiger partial charge on any atom is 0.323 e. The number of aliphatic hydroxyl groups excluding tert-OH is 1. The van der Waals surface area contributed by atoms with Gasteiger partial charge in [-0.25, -0.2) is 4.39 Å². The summed E-state index contributed by atoms with van der Waals surface area (Å²) < 4.78 is 13.3. The molecule has 0 bridgehead atoms. The zero-order valence-electron chi connectivity index (χ0n) is 11.0. The molecule has 1 heterocycles. The molecule has 21 heavy (non-hydrogen) atoms. The fraction of sp³-hybridized carbons (Fsp3) is 0.214. The molecular formula is C14H12FNO5. The van der Waals surface area contributed by atoms with E-state index in [1.165, 1.54) is 18.2 Å². The Morgan fingerprint density at radius 3 is 2.57 bits per heavy atom. The molecule has 0 spiro atoms. The van der Waals surface area contributed by atoms with Gasteiger partial charge in [-0.3, -0.25) is 14.4 Å². The van der Waals surface area contributed by atoms with Crippen LogP contribution in [0, 0.1) is 5.82 Å². The van der Waals surface area contributed by atoms with Gasteiger partial charge in [0, 0.05) is 0 Å². The summed E-state index contributed by atoms with van der Waals surface area (Å²) in [5.74, 6) is -4.23. The average molecular weight is 293 g/mol. The number of amides is 1. The minimum Gasteiger partial charge on any atom is -0.503 e. The van der Waals surface area contributed by atoms with E-state index in [1.807, 2.05) is 0 Å².